The summed E-state index contributed by atoms with van der Waals surface area (Å²) in [5.74, 6) is -0.306. The molecule has 0 saturated carbocycles. The van der Waals surface area contributed by atoms with Gasteiger partial charge in [-0.05, 0) is 80.3 Å². The van der Waals surface area contributed by atoms with Gasteiger partial charge < -0.3 is 5.32 Å². The highest BCUT2D eigenvalue weighted by atomic mass is 35.5. The van der Waals surface area contributed by atoms with Crippen LogP contribution in [0.15, 0.2) is 41.3 Å². The van der Waals surface area contributed by atoms with Gasteiger partial charge in [0.1, 0.15) is 4.90 Å². The van der Waals surface area contributed by atoms with Crippen molar-refractivity contribution in [1.29, 1.82) is 0 Å². The zero-order chi connectivity index (χ0) is 22.7. The molecule has 0 radical (unpaired) electrons. The molecule has 2 aliphatic rings. The number of rotatable bonds is 5. The molecule has 1 aliphatic carbocycles. The largest absolute Gasteiger partial charge is 0.346 e. The number of nitrogens with zero attached hydrogens (tertiary/aromatic N) is 1. The Kier molecular flexibility index (Phi) is 7.23. The average Bonchev–Trinajstić information content (AvgIpc) is 3.09. The monoisotopic (exact) mass is 474 g/mol. The van der Waals surface area contributed by atoms with Crippen molar-refractivity contribution in [2.75, 3.05) is 13.1 Å². The van der Waals surface area contributed by atoms with Crippen molar-refractivity contribution < 1.29 is 13.2 Å². The van der Waals surface area contributed by atoms with Gasteiger partial charge in [0.05, 0.1) is 11.1 Å². The fourth-order valence-corrected chi connectivity index (χ4v) is 6.67. The third-order valence-corrected chi connectivity index (χ3v) is 8.98. The molecular formula is C25H31ClN2O3S. The summed E-state index contributed by atoms with van der Waals surface area (Å²) in [6.45, 7) is 2.93. The van der Waals surface area contributed by atoms with Crippen molar-refractivity contribution in [3.63, 3.8) is 0 Å². The summed E-state index contributed by atoms with van der Waals surface area (Å²) in [4.78, 5) is 13.0. The second kappa shape index (κ2) is 9.94. The van der Waals surface area contributed by atoms with Gasteiger partial charge in [-0.2, -0.15) is 4.31 Å². The number of hydrogen-bond donors (Lipinski definition) is 1. The van der Waals surface area contributed by atoms with Crippen LogP contribution >= 0.6 is 11.6 Å². The summed E-state index contributed by atoms with van der Waals surface area (Å²) in [6.07, 6.45) is 8.39. The lowest BCUT2D eigenvalue weighted by Gasteiger charge is -2.22. The molecule has 1 heterocycles. The molecule has 1 atom stereocenters. The lowest BCUT2D eigenvalue weighted by Crippen LogP contribution is -2.32. The van der Waals surface area contributed by atoms with Gasteiger partial charge >= 0.3 is 0 Å². The molecule has 0 spiro atoms. The fourth-order valence-electron chi connectivity index (χ4n) is 4.65. The van der Waals surface area contributed by atoms with Crippen LogP contribution in [0.3, 0.4) is 0 Å². The molecule has 1 saturated heterocycles. The van der Waals surface area contributed by atoms with Crippen LogP contribution < -0.4 is 5.32 Å². The van der Waals surface area contributed by atoms with Gasteiger partial charge in [-0.25, -0.2) is 8.42 Å². The van der Waals surface area contributed by atoms with E-state index in [-0.39, 0.29) is 21.9 Å². The average molecular weight is 475 g/mol. The molecule has 1 amide bonds. The topological polar surface area (TPSA) is 66.5 Å². The van der Waals surface area contributed by atoms with Gasteiger partial charge in [0.25, 0.3) is 5.91 Å². The molecule has 4 rings (SSSR count). The predicted molar refractivity (Wildman–Crippen MR) is 128 cm³/mol. The Morgan fingerprint density at radius 1 is 0.938 bits per heavy atom. The first-order chi connectivity index (χ1) is 15.4. The van der Waals surface area contributed by atoms with E-state index in [0.29, 0.717) is 18.7 Å². The first-order valence-electron chi connectivity index (χ1n) is 11.6. The molecule has 1 aliphatic heterocycles. The second-order valence-corrected chi connectivity index (χ2v) is 11.2. The van der Waals surface area contributed by atoms with Crippen molar-refractivity contribution in [3.8, 4) is 0 Å². The van der Waals surface area contributed by atoms with Crippen molar-refractivity contribution in [3.05, 3.63) is 63.7 Å². The van der Waals surface area contributed by atoms with E-state index in [1.54, 1.807) is 6.07 Å². The summed E-state index contributed by atoms with van der Waals surface area (Å²) < 4.78 is 27.9. The number of benzene rings is 2. The molecule has 1 N–H and O–H groups in total. The number of carbonyl (C=O) groups is 1. The molecular weight excluding hydrogens is 444 g/mol. The van der Waals surface area contributed by atoms with E-state index in [1.807, 2.05) is 6.92 Å². The summed E-state index contributed by atoms with van der Waals surface area (Å²) >= 11 is 6.28. The van der Waals surface area contributed by atoms with E-state index < -0.39 is 10.0 Å². The van der Waals surface area contributed by atoms with Crippen LogP contribution in [-0.2, 0) is 22.9 Å². The number of fused-ring (bicyclic) bond motifs is 1. The predicted octanol–water partition coefficient (Wildman–Crippen LogP) is 5.27. The molecule has 0 aromatic heterocycles. The number of hydrogen-bond acceptors (Lipinski definition) is 3. The Bertz CT molecular complexity index is 1090. The molecule has 0 bridgehead atoms. The third-order valence-electron chi connectivity index (χ3n) is 6.60. The zero-order valence-corrected chi connectivity index (χ0v) is 20.1. The quantitative estimate of drug-likeness (QED) is 0.641. The molecule has 172 valence electrons. The highest BCUT2D eigenvalue weighted by Gasteiger charge is 2.28. The van der Waals surface area contributed by atoms with Crippen molar-refractivity contribution in [1.82, 2.24) is 9.62 Å². The van der Waals surface area contributed by atoms with Gasteiger partial charge in [-0.1, -0.05) is 42.6 Å². The fraction of sp³-hybridized carbons (Fsp3) is 0.480. The summed E-state index contributed by atoms with van der Waals surface area (Å²) in [7, 11) is -3.74. The normalized spacial score (nSPS) is 18.4. The second-order valence-electron chi connectivity index (χ2n) is 8.89. The molecule has 2 aromatic rings. The minimum atomic E-state index is -3.74. The van der Waals surface area contributed by atoms with Crippen LogP contribution in [0.2, 0.25) is 5.02 Å². The van der Waals surface area contributed by atoms with Gasteiger partial charge in [-0.15, -0.1) is 0 Å². The van der Waals surface area contributed by atoms with E-state index in [0.717, 1.165) is 44.1 Å². The smallest absolute Gasteiger partial charge is 0.251 e. The van der Waals surface area contributed by atoms with Gasteiger partial charge in [-0.3, -0.25) is 4.79 Å². The minimum absolute atomic E-state index is 0.00940. The van der Waals surface area contributed by atoms with E-state index in [2.05, 4.69) is 23.5 Å². The molecule has 2 aromatic carbocycles. The Labute approximate surface area is 196 Å². The maximum atomic E-state index is 13.2. The van der Waals surface area contributed by atoms with Crippen LogP contribution in [0, 0.1) is 0 Å². The summed E-state index contributed by atoms with van der Waals surface area (Å²) in [6, 6.07) is 10.8. The Balaban J connectivity index is 1.53. The van der Waals surface area contributed by atoms with E-state index in [1.165, 1.54) is 40.4 Å². The lowest BCUT2D eigenvalue weighted by atomic mass is 9.89. The first-order valence-corrected chi connectivity index (χ1v) is 13.4. The molecule has 32 heavy (non-hydrogen) atoms. The Morgan fingerprint density at radius 2 is 1.62 bits per heavy atom. The maximum absolute atomic E-state index is 13.2. The number of halogens is 1. The molecule has 7 heteroatoms. The Hall–Kier alpha value is -1.89. The van der Waals surface area contributed by atoms with E-state index in [4.69, 9.17) is 11.6 Å². The molecule has 5 nitrogen and oxygen atoms in total. The van der Waals surface area contributed by atoms with Crippen LogP contribution in [0.1, 0.15) is 78.5 Å². The van der Waals surface area contributed by atoms with Crippen molar-refractivity contribution in [2.24, 2.45) is 0 Å². The van der Waals surface area contributed by atoms with Crippen LogP contribution in [0.5, 0.6) is 0 Å². The van der Waals surface area contributed by atoms with Gasteiger partial charge in [0.15, 0.2) is 0 Å². The SMILES string of the molecule is CC(NC(=O)c1ccc(Cl)c(S(=O)(=O)N2CCCCCC2)c1)c1ccc2c(c1)CCCC2. The number of sulfonamides is 1. The number of aryl methyl sites for hydroxylation is 2. The zero-order valence-electron chi connectivity index (χ0n) is 18.6. The van der Waals surface area contributed by atoms with Crippen molar-refractivity contribution >= 4 is 27.5 Å². The van der Waals surface area contributed by atoms with Gasteiger partial charge in [0.2, 0.25) is 10.0 Å². The summed E-state index contributed by atoms with van der Waals surface area (Å²) in [5, 5.41) is 3.16. The highest BCUT2D eigenvalue weighted by molar-refractivity contribution is 7.89. The van der Waals surface area contributed by atoms with Crippen LogP contribution in [0.4, 0.5) is 0 Å². The van der Waals surface area contributed by atoms with Crippen molar-refractivity contribution in [2.45, 2.75) is 69.2 Å². The Morgan fingerprint density at radius 3 is 2.34 bits per heavy atom. The number of nitrogens with one attached hydrogen (secondary N) is 1. The third kappa shape index (κ3) is 5.03. The van der Waals surface area contributed by atoms with Crippen LogP contribution in [0.25, 0.3) is 0 Å². The highest BCUT2D eigenvalue weighted by Crippen LogP contribution is 2.29. The summed E-state index contributed by atoms with van der Waals surface area (Å²) in [5.41, 5.74) is 4.13. The minimum Gasteiger partial charge on any atom is -0.346 e. The maximum Gasteiger partial charge on any atom is 0.251 e. The van der Waals surface area contributed by atoms with Crippen LogP contribution in [-0.4, -0.2) is 31.7 Å². The van der Waals surface area contributed by atoms with E-state index in [9.17, 15) is 13.2 Å². The first kappa shape index (κ1) is 23.3. The lowest BCUT2D eigenvalue weighted by molar-refractivity contribution is 0.0939. The number of amides is 1. The standard InChI is InChI=1S/C25H31ClN2O3S/c1-18(20-11-10-19-8-4-5-9-21(19)16-20)27-25(29)22-12-13-23(26)24(17-22)32(30,31)28-14-6-2-3-7-15-28/h10-13,16-18H,2-9,14-15H2,1H3,(H,27,29). The van der Waals surface area contributed by atoms with E-state index >= 15 is 0 Å². The molecule has 1 unspecified atom stereocenters. The number of carbonyl (C=O) groups excluding carboxylic acids is 1. The molecule has 1 fully saturated rings. The van der Waals surface area contributed by atoms with Gasteiger partial charge in [0, 0.05) is 18.7 Å².